The highest BCUT2D eigenvalue weighted by Crippen LogP contribution is 2.34. The van der Waals surface area contributed by atoms with Gasteiger partial charge in [-0.05, 0) is 12.5 Å². The van der Waals surface area contributed by atoms with Crippen molar-refractivity contribution in [3.05, 3.63) is 29.6 Å². The van der Waals surface area contributed by atoms with E-state index < -0.39 is 5.82 Å². The third kappa shape index (κ3) is 5.58. The summed E-state index contributed by atoms with van der Waals surface area (Å²) in [6, 6.07) is 5.00. The van der Waals surface area contributed by atoms with Crippen molar-refractivity contribution in [2.24, 2.45) is 0 Å². The van der Waals surface area contributed by atoms with E-state index in [4.69, 9.17) is 0 Å². The number of rotatable bonds is 6. The number of nitrogens with zero attached hydrogens (tertiary/aromatic N) is 1. The van der Waals surface area contributed by atoms with Gasteiger partial charge in [-0.3, -0.25) is 4.90 Å². The Balaban J connectivity index is 0.00000220. The Morgan fingerprint density at radius 1 is 1.23 bits per heavy atom. The number of nitrogens with one attached hydrogen (secondary N) is 1. The summed E-state index contributed by atoms with van der Waals surface area (Å²) in [6.07, 6.45) is 4.44. The minimum absolute atomic E-state index is 0. The van der Waals surface area contributed by atoms with Crippen LogP contribution in [0.15, 0.2) is 18.2 Å². The molecule has 22 heavy (non-hydrogen) atoms. The van der Waals surface area contributed by atoms with E-state index >= 15 is 0 Å². The van der Waals surface area contributed by atoms with Crippen molar-refractivity contribution in [1.29, 1.82) is 0 Å². The molecule has 0 aliphatic carbocycles. The molecule has 6 heteroatoms. The minimum atomic E-state index is -0.516. The van der Waals surface area contributed by atoms with Crippen molar-refractivity contribution < 1.29 is 9.50 Å². The van der Waals surface area contributed by atoms with Crippen LogP contribution in [0.1, 0.15) is 44.2 Å². The van der Waals surface area contributed by atoms with Gasteiger partial charge in [0, 0.05) is 37.8 Å². The fourth-order valence-electron chi connectivity index (χ4n) is 2.92. The van der Waals surface area contributed by atoms with Gasteiger partial charge in [-0.2, -0.15) is 0 Å². The molecule has 1 aliphatic heterocycles. The van der Waals surface area contributed by atoms with E-state index in [9.17, 15) is 9.50 Å². The zero-order valence-corrected chi connectivity index (χ0v) is 14.7. The summed E-state index contributed by atoms with van der Waals surface area (Å²) in [7, 11) is 0. The van der Waals surface area contributed by atoms with E-state index in [1.54, 1.807) is 6.07 Å². The van der Waals surface area contributed by atoms with Crippen LogP contribution in [-0.2, 0) is 0 Å². The predicted octanol–water partition coefficient (Wildman–Crippen LogP) is 3.90. The average molecular weight is 353 g/mol. The van der Waals surface area contributed by atoms with Gasteiger partial charge in [0.1, 0.15) is 0 Å². The first kappa shape index (κ1) is 21.4. The van der Waals surface area contributed by atoms with E-state index in [2.05, 4.69) is 17.1 Å². The Hall–Kier alpha value is -0.550. The van der Waals surface area contributed by atoms with Crippen molar-refractivity contribution in [2.45, 2.75) is 38.6 Å². The van der Waals surface area contributed by atoms with Gasteiger partial charge in [0.05, 0.1) is 0 Å². The smallest absolute Gasteiger partial charge is 0.165 e. The molecule has 0 radical (unpaired) electrons. The van der Waals surface area contributed by atoms with Gasteiger partial charge in [0.25, 0.3) is 0 Å². The number of phenolic OH excluding ortho intramolecular Hbond substituents is 1. The Morgan fingerprint density at radius 2 is 1.91 bits per heavy atom. The molecule has 1 atom stereocenters. The summed E-state index contributed by atoms with van der Waals surface area (Å²) in [4.78, 5) is 2.36. The molecule has 128 valence electrons. The summed E-state index contributed by atoms with van der Waals surface area (Å²) in [5.74, 6) is -0.689. The lowest BCUT2D eigenvalue weighted by molar-refractivity contribution is 0.159. The van der Waals surface area contributed by atoms with Crippen LogP contribution in [0.5, 0.6) is 5.75 Å². The van der Waals surface area contributed by atoms with Crippen molar-refractivity contribution in [3.8, 4) is 5.75 Å². The van der Waals surface area contributed by atoms with E-state index in [-0.39, 0.29) is 36.6 Å². The first-order valence-corrected chi connectivity index (χ1v) is 7.66. The van der Waals surface area contributed by atoms with Crippen LogP contribution in [0, 0.1) is 5.82 Å². The lowest BCUT2D eigenvalue weighted by Crippen LogP contribution is -2.45. The number of unbranched alkanes of at least 4 members (excludes halogenated alkanes) is 2. The lowest BCUT2D eigenvalue weighted by Gasteiger charge is -2.35. The van der Waals surface area contributed by atoms with E-state index in [1.807, 2.05) is 6.07 Å². The molecule has 0 unspecified atom stereocenters. The zero-order valence-electron chi connectivity index (χ0n) is 13.1. The second-order valence-corrected chi connectivity index (χ2v) is 5.48. The SMILES string of the molecule is CCCCC[C@@H](c1cccc(F)c1O)N1CCNCC1.Cl.Cl. The number of piperazine rings is 1. The molecular weight excluding hydrogens is 326 g/mol. The van der Waals surface area contributed by atoms with E-state index in [0.29, 0.717) is 0 Å². The summed E-state index contributed by atoms with van der Waals surface area (Å²) < 4.78 is 13.6. The molecule has 1 heterocycles. The van der Waals surface area contributed by atoms with Crippen LogP contribution in [-0.4, -0.2) is 36.2 Å². The number of para-hydroxylation sites is 1. The third-order valence-corrected chi connectivity index (χ3v) is 4.05. The molecule has 2 rings (SSSR count). The average Bonchev–Trinajstić information content (AvgIpc) is 2.48. The Kier molecular flexibility index (Phi) is 10.8. The van der Waals surface area contributed by atoms with Crippen LogP contribution < -0.4 is 5.32 Å². The van der Waals surface area contributed by atoms with Gasteiger partial charge in [0.15, 0.2) is 11.6 Å². The number of hydrogen-bond donors (Lipinski definition) is 2. The molecule has 2 N–H and O–H groups in total. The highest BCUT2D eigenvalue weighted by atomic mass is 35.5. The predicted molar refractivity (Wildman–Crippen MR) is 93.9 cm³/mol. The standard InChI is InChI=1S/C16H25FN2O.2ClH/c1-2-3-4-8-15(19-11-9-18-10-12-19)13-6-5-7-14(17)16(13)20;;/h5-7,15,18,20H,2-4,8-12H2,1H3;2*1H/t15-;;/m0../s1. The largest absolute Gasteiger partial charge is 0.505 e. The fourth-order valence-corrected chi connectivity index (χ4v) is 2.92. The van der Waals surface area contributed by atoms with Gasteiger partial charge in [0.2, 0.25) is 0 Å². The fraction of sp³-hybridized carbons (Fsp3) is 0.625. The highest BCUT2D eigenvalue weighted by molar-refractivity contribution is 5.85. The summed E-state index contributed by atoms with van der Waals surface area (Å²) >= 11 is 0. The molecule has 1 fully saturated rings. The quantitative estimate of drug-likeness (QED) is 0.762. The van der Waals surface area contributed by atoms with Gasteiger partial charge < -0.3 is 10.4 Å². The molecule has 0 saturated carbocycles. The number of phenols is 1. The summed E-state index contributed by atoms with van der Waals surface area (Å²) in [5.41, 5.74) is 0.739. The number of aromatic hydroxyl groups is 1. The second-order valence-electron chi connectivity index (χ2n) is 5.48. The summed E-state index contributed by atoms with van der Waals surface area (Å²) in [6.45, 7) is 6.00. The highest BCUT2D eigenvalue weighted by Gasteiger charge is 2.25. The maximum absolute atomic E-state index is 13.6. The number of benzene rings is 1. The van der Waals surface area contributed by atoms with Crippen LogP contribution in [0.3, 0.4) is 0 Å². The van der Waals surface area contributed by atoms with Gasteiger partial charge in [-0.1, -0.05) is 38.3 Å². The van der Waals surface area contributed by atoms with Gasteiger partial charge in [-0.25, -0.2) is 4.39 Å². The van der Waals surface area contributed by atoms with Crippen LogP contribution >= 0.6 is 24.8 Å². The molecule has 1 aromatic rings. The molecule has 3 nitrogen and oxygen atoms in total. The van der Waals surface area contributed by atoms with Crippen molar-refractivity contribution >= 4 is 24.8 Å². The van der Waals surface area contributed by atoms with Gasteiger partial charge in [-0.15, -0.1) is 24.8 Å². The molecule has 1 saturated heterocycles. The molecule has 1 aliphatic rings. The van der Waals surface area contributed by atoms with Crippen molar-refractivity contribution in [1.82, 2.24) is 10.2 Å². The molecule has 0 bridgehead atoms. The topological polar surface area (TPSA) is 35.5 Å². The van der Waals surface area contributed by atoms with E-state index in [1.165, 1.54) is 18.9 Å². The summed E-state index contributed by atoms with van der Waals surface area (Å²) in [5, 5.41) is 13.4. The number of hydrogen-bond acceptors (Lipinski definition) is 3. The lowest BCUT2D eigenvalue weighted by atomic mass is 9.97. The van der Waals surface area contributed by atoms with Crippen molar-refractivity contribution in [3.63, 3.8) is 0 Å². The monoisotopic (exact) mass is 352 g/mol. The zero-order chi connectivity index (χ0) is 14.4. The normalized spacial score (nSPS) is 16.5. The first-order chi connectivity index (χ1) is 9.74. The maximum atomic E-state index is 13.6. The van der Waals surface area contributed by atoms with Crippen LogP contribution in [0.25, 0.3) is 0 Å². The van der Waals surface area contributed by atoms with Crippen LogP contribution in [0.4, 0.5) is 4.39 Å². The molecule has 0 spiro atoms. The van der Waals surface area contributed by atoms with E-state index in [0.717, 1.165) is 44.6 Å². The second kappa shape index (κ2) is 11.1. The third-order valence-electron chi connectivity index (χ3n) is 4.05. The first-order valence-electron chi connectivity index (χ1n) is 7.66. The van der Waals surface area contributed by atoms with Crippen LogP contribution in [0.2, 0.25) is 0 Å². The Labute approximate surface area is 145 Å². The molecule has 0 aromatic heterocycles. The maximum Gasteiger partial charge on any atom is 0.165 e. The molecule has 1 aromatic carbocycles. The number of halogens is 3. The molecular formula is C16H27Cl2FN2O. The Bertz CT molecular complexity index is 429. The van der Waals surface area contributed by atoms with Gasteiger partial charge >= 0.3 is 0 Å². The molecule has 0 amide bonds. The Morgan fingerprint density at radius 3 is 2.55 bits per heavy atom. The van der Waals surface area contributed by atoms with Crippen molar-refractivity contribution in [2.75, 3.05) is 26.2 Å². The minimum Gasteiger partial charge on any atom is -0.505 e.